The second-order valence-electron chi connectivity index (χ2n) is 5.12. The van der Waals surface area contributed by atoms with Gasteiger partial charge in [0, 0.05) is 22.9 Å². The third-order valence-corrected chi connectivity index (χ3v) is 4.49. The van der Waals surface area contributed by atoms with Gasteiger partial charge in [-0.1, -0.05) is 11.6 Å². The zero-order chi connectivity index (χ0) is 13.4. The van der Waals surface area contributed by atoms with Gasteiger partial charge in [-0.05, 0) is 38.9 Å². The first-order valence-corrected chi connectivity index (χ1v) is 7.41. The summed E-state index contributed by atoms with van der Waals surface area (Å²) in [5.74, 6) is 0.416. The molecule has 0 bridgehead atoms. The Morgan fingerprint density at radius 2 is 2.21 bits per heavy atom. The van der Waals surface area contributed by atoms with Crippen molar-refractivity contribution < 1.29 is 4.39 Å². The lowest BCUT2D eigenvalue weighted by atomic mass is 10.1. The molecule has 100 valence electrons. The number of thiazole rings is 1. The third kappa shape index (κ3) is 2.55. The van der Waals surface area contributed by atoms with Gasteiger partial charge >= 0.3 is 0 Å². The standard InChI is InChI=1S/C15H17FN2S/c1-9-3-6-12(16)11(7-9)15-18-14(10-4-5-10)13(19-15)8-17-2/h3,6-7,10,17H,4-5,8H2,1-2H3. The average Bonchev–Trinajstić information content (AvgIpc) is 3.15. The summed E-state index contributed by atoms with van der Waals surface area (Å²) in [6, 6.07) is 5.21. The van der Waals surface area contributed by atoms with E-state index in [0.717, 1.165) is 17.1 Å². The van der Waals surface area contributed by atoms with Gasteiger partial charge in [0.2, 0.25) is 0 Å². The SMILES string of the molecule is CNCc1sc(-c2cc(C)ccc2F)nc1C1CC1. The molecule has 4 heteroatoms. The van der Waals surface area contributed by atoms with Crippen LogP contribution in [-0.4, -0.2) is 12.0 Å². The zero-order valence-electron chi connectivity index (χ0n) is 11.2. The minimum Gasteiger partial charge on any atom is -0.315 e. The van der Waals surface area contributed by atoms with Gasteiger partial charge in [-0.25, -0.2) is 9.37 Å². The van der Waals surface area contributed by atoms with Gasteiger partial charge in [0.1, 0.15) is 10.8 Å². The van der Waals surface area contributed by atoms with Crippen LogP contribution < -0.4 is 5.32 Å². The van der Waals surface area contributed by atoms with Crippen molar-refractivity contribution in [3.05, 3.63) is 40.2 Å². The third-order valence-electron chi connectivity index (χ3n) is 3.38. The highest BCUT2D eigenvalue weighted by atomic mass is 32.1. The topological polar surface area (TPSA) is 24.9 Å². The number of hydrogen-bond donors (Lipinski definition) is 1. The van der Waals surface area contributed by atoms with Crippen molar-refractivity contribution in [3.63, 3.8) is 0 Å². The van der Waals surface area contributed by atoms with Crippen molar-refractivity contribution >= 4 is 11.3 Å². The van der Waals surface area contributed by atoms with Crippen LogP contribution in [0.15, 0.2) is 18.2 Å². The highest BCUT2D eigenvalue weighted by Gasteiger charge is 2.29. The lowest BCUT2D eigenvalue weighted by molar-refractivity contribution is 0.630. The fraction of sp³-hybridized carbons (Fsp3) is 0.400. The molecular formula is C15H17FN2S. The van der Waals surface area contributed by atoms with E-state index in [0.29, 0.717) is 11.5 Å². The van der Waals surface area contributed by atoms with Gasteiger partial charge in [0.05, 0.1) is 5.69 Å². The molecule has 1 aromatic carbocycles. The van der Waals surface area contributed by atoms with Crippen LogP contribution in [-0.2, 0) is 6.54 Å². The van der Waals surface area contributed by atoms with Gasteiger partial charge in [-0.15, -0.1) is 11.3 Å². The van der Waals surface area contributed by atoms with E-state index in [1.807, 2.05) is 20.0 Å². The molecule has 1 saturated carbocycles. The maximum atomic E-state index is 13.9. The normalized spacial score (nSPS) is 14.9. The molecule has 19 heavy (non-hydrogen) atoms. The Hall–Kier alpha value is -1.26. The van der Waals surface area contributed by atoms with Crippen molar-refractivity contribution in [3.8, 4) is 10.6 Å². The molecular weight excluding hydrogens is 259 g/mol. The molecule has 2 nitrogen and oxygen atoms in total. The Balaban J connectivity index is 2.04. The largest absolute Gasteiger partial charge is 0.315 e. The second kappa shape index (κ2) is 5.02. The number of halogens is 1. The summed E-state index contributed by atoms with van der Waals surface area (Å²) in [5, 5.41) is 3.99. The lowest BCUT2D eigenvalue weighted by Crippen LogP contribution is -2.05. The predicted molar refractivity (Wildman–Crippen MR) is 77.0 cm³/mol. The van der Waals surface area contributed by atoms with E-state index in [9.17, 15) is 4.39 Å². The molecule has 1 heterocycles. The Morgan fingerprint density at radius 1 is 1.42 bits per heavy atom. The number of aromatic nitrogens is 1. The fourth-order valence-electron chi connectivity index (χ4n) is 2.24. The van der Waals surface area contributed by atoms with Crippen LogP contribution in [0.4, 0.5) is 4.39 Å². The molecule has 0 atom stereocenters. The Bertz CT molecular complexity index is 602. The summed E-state index contributed by atoms with van der Waals surface area (Å²) in [7, 11) is 1.93. The van der Waals surface area contributed by atoms with E-state index in [1.165, 1.54) is 29.5 Å². The quantitative estimate of drug-likeness (QED) is 0.917. The van der Waals surface area contributed by atoms with Crippen LogP contribution >= 0.6 is 11.3 Å². The van der Waals surface area contributed by atoms with Crippen LogP contribution in [0.1, 0.15) is 34.9 Å². The number of aryl methyl sites for hydroxylation is 1. The summed E-state index contributed by atoms with van der Waals surface area (Å²) in [6.45, 7) is 2.80. The summed E-state index contributed by atoms with van der Waals surface area (Å²) in [6.07, 6.45) is 2.44. The molecule has 2 aromatic rings. The lowest BCUT2D eigenvalue weighted by Gasteiger charge is -2.00. The first-order valence-electron chi connectivity index (χ1n) is 6.59. The second-order valence-corrected chi connectivity index (χ2v) is 6.20. The van der Waals surface area contributed by atoms with Crippen LogP contribution in [0.25, 0.3) is 10.6 Å². The predicted octanol–water partition coefficient (Wildman–Crippen LogP) is 3.85. The van der Waals surface area contributed by atoms with Gasteiger partial charge < -0.3 is 5.32 Å². The monoisotopic (exact) mass is 276 g/mol. The van der Waals surface area contributed by atoms with Crippen molar-refractivity contribution in [1.29, 1.82) is 0 Å². The number of nitrogens with zero attached hydrogens (tertiary/aromatic N) is 1. The Morgan fingerprint density at radius 3 is 2.89 bits per heavy atom. The van der Waals surface area contributed by atoms with Crippen molar-refractivity contribution in [1.82, 2.24) is 10.3 Å². The number of hydrogen-bond acceptors (Lipinski definition) is 3. The van der Waals surface area contributed by atoms with E-state index in [-0.39, 0.29) is 5.82 Å². The summed E-state index contributed by atoms with van der Waals surface area (Å²) in [4.78, 5) is 5.95. The molecule has 0 aliphatic heterocycles. The Labute approximate surface area is 116 Å². The molecule has 0 radical (unpaired) electrons. The van der Waals surface area contributed by atoms with Gasteiger partial charge in [0.25, 0.3) is 0 Å². The molecule has 1 aliphatic rings. The van der Waals surface area contributed by atoms with Gasteiger partial charge in [0.15, 0.2) is 0 Å². The van der Waals surface area contributed by atoms with Crippen molar-refractivity contribution in [2.24, 2.45) is 0 Å². The highest BCUT2D eigenvalue weighted by Crippen LogP contribution is 2.44. The maximum absolute atomic E-state index is 13.9. The number of benzene rings is 1. The van der Waals surface area contributed by atoms with Crippen LogP contribution in [0, 0.1) is 12.7 Å². The van der Waals surface area contributed by atoms with Gasteiger partial charge in [-0.2, -0.15) is 0 Å². The smallest absolute Gasteiger partial charge is 0.133 e. The fourth-order valence-corrected chi connectivity index (χ4v) is 3.42. The summed E-state index contributed by atoms with van der Waals surface area (Å²) < 4.78 is 13.9. The maximum Gasteiger partial charge on any atom is 0.133 e. The van der Waals surface area contributed by atoms with E-state index < -0.39 is 0 Å². The molecule has 0 spiro atoms. The molecule has 0 unspecified atom stereocenters. The first-order chi connectivity index (χ1) is 9.19. The average molecular weight is 276 g/mol. The van der Waals surface area contributed by atoms with E-state index >= 15 is 0 Å². The molecule has 1 aliphatic carbocycles. The summed E-state index contributed by atoms with van der Waals surface area (Å²) in [5.41, 5.74) is 2.87. The minimum absolute atomic E-state index is 0.183. The molecule has 1 aromatic heterocycles. The molecule has 3 rings (SSSR count). The Kier molecular flexibility index (Phi) is 3.37. The molecule has 0 saturated heterocycles. The van der Waals surface area contributed by atoms with Crippen molar-refractivity contribution in [2.45, 2.75) is 32.2 Å². The highest BCUT2D eigenvalue weighted by molar-refractivity contribution is 7.15. The molecule has 1 fully saturated rings. The zero-order valence-corrected chi connectivity index (χ0v) is 12.0. The minimum atomic E-state index is -0.183. The first kappa shape index (κ1) is 12.8. The van der Waals surface area contributed by atoms with E-state index in [4.69, 9.17) is 4.98 Å². The van der Waals surface area contributed by atoms with Gasteiger partial charge in [-0.3, -0.25) is 0 Å². The van der Waals surface area contributed by atoms with Crippen LogP contribution in [0.3, 0.4) is 0 Å². The summed E-state index contributed by atoms with van der Waals surface area (Å²) >= 11 is 1.61. The van der Waals surface area contributed by atoms with E-state index in [1.54, 1.807) is 17.4 Å². The van der Waals surface area contributed by atoms with E-state index in [2.05, 4.69) is 5.32 Å². The van der Waals surface area contributed by atoms with Crippen LogP contribution in [0.5, 0.6) is 0 Å². The number of rotatable bonds is 4. The number of nitrogens with one attached hydrogen (secondary N) is 1. The molecule has 0 amide bonds. The van der Waals surface area contributed by atoms with Crippen LogP contribution in [0.2, 0.25) is 0 Å². The van der Waals surface area contributed by atoms with Crippen molar-refractivity contribution in [2.75, 3.05) is 7.05 Å². The molecule has 1 N–H and O–H groups in total.